The maximum Gasteiger partial charge on any atom is 0.242 e. The molecule has 4 rings (SSSR count). The molecule has 3 saturated heterocycles. The van der Waals surface area contributed by atoms with Crippen molar-refractivity contribution in [3.63, 3.8) is 0 Å². The zero-order valence-corrected chi connectivity index (χ0v) is 18.6. The van der Waals surface area contributed by atoms with Gasteiger partial charge in [0.1, 0.15) is 0 Å². The smallest absolute Gasteiger partial charge is 0.242 e. The molecule has 1 aromatic carbocycles. The number of rotatable bonds is 3. The Balaban J connectivity index is 0.00000150. The quantitative estimate of drug-likeness (QED) is 0.779. The predicted molar refractivity (Wildman–Crippen MR) is 120 cm³/mol. The van der Waals surface area contributed by atoms with E-state index in [1.54, 1.807) is 4.90 Å². The van der Waals surface area contributed by atoms with Crippen LogP contribution in [-0.2, 0) is 9.59 Å². The molecule has 3 heterocycles. The zero-order chi connectivity index (χ0) is 18.8. The summed E-state index contributed by atoms with van der Waals surface area (Å²) in [6.45, 7) is 6.34. The lowest BCUT2D eigenvalue weighted by Crippen LogP contribution is -2.46. The van der Waals surface area contributed by atoms with Crippen LogP contribution < -0.4 is 10.2 Å². The number of anilines is 1. The van der Waals surface area contributed by atoms with E-state index in [0.717, 1.165) is 45.4 Å². The molecule has 2 atom stereocenters. The number of carbonyl (C=O) groups excluding carboxylic acids is 2. The molecule has 0 aliphatic carbocycles. The van der Waals surface area contributed by atoms with Gasteiger partial charge in [0.25, 0.3) is 0 Å². The number of likely N-dealkylation sites (tertiary alicyclic amines) is 1. The van der Waals surface area contributed by atoms with Crippen molar-refractivity contribution in [3.05, 3.63) is 29.8 Å². The van der Waals surface area contributed by atoms with E-state index >= 15 is 0 Å². The molecular weight excluding hydrogens is 411 g/mol. The SMILES string of the molecule is Cc1ccccc1N1CCCN(C(=O)CN2C[C@@H]3CC[C@H](CC2=O)N3)CC1.Cl.Cl. The Morgan fingerprint density at radius 2 is 1.83 bits per heavy atom. The fourth-order valence-corrected chi connectivity index (χ4v) is 4.66. The van der Waals surface area contributed by atoms with Crippen molar-refractivity contribution in [3.8, 4) is 0 Å². The van der Waals surface area contributed by atoms with Gasteiger partial charge in [-0.05, 0) is 37.8 Å². The minimum atomic E-state index is 0. The number of nitrogens with zero attached hydrogens (tertiary/aromatic N) is 3. The van der Waals surface area contributed by atoms with Gasteiger partial charge in [-0.15, -0.1) is 24.8 Å². The maximum atomic E-state index is 12.9. The van der Waals surface area contributed by atoms with Gasteiger partial charge in [-0.2, -0.15) is 0 Å². The van der Waals surface area contributed by atoms with E-state index in [2.05, 4.69) is 41.4 Å². The number of carbonyl (C=O) groups is 2. The number of aryl methyl sites for hydroxylation is 1. The van der Waals surface area contributed by atoms with Crippen LogP contribution in [0, 0.1) is 6.92 Å². The average molecular weight is 443 g/mol. The van der Waals surface area contributed by atoms with Crippen LogP contribution in [-0.4, -0.2) is 73.0 Å². The fraction of sp³-hybridized carbons (Fsp3) is 0.619. The van der Waals surface area contributed by atoms with Crippen LogP contribution in [0.4, 0.5) is 5.69 Å². The highest BCUT2D eigenvalue weighted by Gasteiger charge is 2.34. The van der Waals surface area contributed by atoms with Crippen LogP contribution in [0.5, 0.6) is 0 Å². The van der Waals surface area contributed by atoms with Gasteiger partial charge in [0.2, 0.25) is 11.8 Å². The number of halogens is 2. The lowest BCUT2D eigenvalue weighted by Gasteiger charge is -2.28. The topological polar surface area (TPSA) is 55.9 Å². The van der Waals surface area contributed by atoms with E-state index < -0.39 is 0 Å². The Bertz CT molecular complexity index is 718. The van der Waals surface area contributed by atoms with Gasteiger partial charge in [0, 0.05) is 56.9 Å². The van der Waals surface area contributed by atoms with Crippen molar-refractivity contribution in [1.29, 1.82) is 0 Å². The molecule has 1 aromatic rings. The number of hydrogen-bond acceptors (Lipinski definition) is 4. The Kier molecular flexibility index (Phi) is 8.61. The monoisotopic (exact) mass is 442 g/mol. The molecule has 162 valence electrons. The van der Waals surface area contributed by atoms with E-state index in [9.17, 15) is 9.59 Å². The first-order valence-corrected chi connectivity index (χ1v) is 10.2. The van der Waals surface area contributed by atoms with Crippen LogP contribution in [0.2, 0.25) is 0 Å². The molecule has 6 nitrogen and oxygen atoms in total. The molecule has 0 spiro atoms. The Morgan fingerprint density at radius 3 is 2.62 bits per heavy atom. The van der Waals surface area contributed by atoms with Crippen molar-refractivity contribution in [2.24, 2.45) is 0 Å². The van der Waals surface area contributed by atoms with Crippen molar-refractivity contribution < 1.29 is 9.59 Å². The molecular formula is C21H32Cl2N4O2. The molecule has 2 bridgehead atoms. The standard InChI is InChI=1S/C21H30N4O2.2ClH/c1-16-5-2-3-6-19(16)23-9-4-10-24(12-11-23)21(27)15-25-14-18-8-7-17(22-18)13-20(25)26;;/h2-3,5-6,17-18,22H,4,7-15H2,1H3;2*1H/t17-,18+;;/m1../s1. The van der Waals surface area contributed by atoms with E-state index in [4.69, 9.17) is 0 Å². The first-order valence-electron chi connectivity index (χ1n) is 10.2. The van der Waals surface area contributed by atoms with Crippen LogP contribution in [0.15, 0.2) is 24.3 Å². The normalized spacial score (nSPS) is 24.3. The molecule has 29 heavy (non-hydrogen) atoms. The molecule has 0 aromatic heterocycles. The summed E-state index contributed by atoms with van der Waals surface area (Å²) in [5, 5.41) is 3.51. The summed E-state index contributed by atoms with van der Waals surface area (Å²) in [6, 6.07) is 9.09. The number of para-hydroxylation sites is 1. The van der Waals surface area contributed by atoms with Crippen LogP contribution >= 0.6 is 24.8 Å². The van der Waals surface area contributed by atoms with E-state index in [0.29, 0.717) is 25.0 Å². The summed E-state index contributed by atoms with van der Waals surface area (Å²) in [5.74, 6) is 0.215. The van der Waals surface area contributed by atoms with Crippen molar-refractivity contribution in [2.75, 3.05) is 44.2 Å². The highest BCUT2D eigenvalue weighted by atomic mass is 35.5. The van der Waals surface area contributed by atoms with Crippen molar-refractivity contribution in [1.82, 2.24) is 15.1 Å². The minimum Gasteiger partial charge on any atom is -0.369 e. The number of nitrogens with one attached hydrogen (secondary N) is 1. The Hall–Kier alpha value is -1.50. The van der Waals surface area contributed by atoms with Gasteiger partial charge >= 0.3 is 0 Å². The minimum absolute atomic E-state index is 0. The number of amides is 2. The zero-order valence-electron chi connectivity index (χ0n) is 17.0. The first-order chi connectivity index (χ1) is 13.1. The third kappa shape index (κ3) is 5.56. The number of fused-ring (bicyclic) bond motifs is 2. The van der Waals surface area contributed by atoms with Gasteiger partial charge in [0.15, 0.2) is 0 Å². The van der Waals surface area contributed by atoms with Crippen LogP contribution in [0.3, 0.4) is 0 Å². The molecule has 1 N–H and O–H groups in total. The second-order valence-electron chi connectivity index (χ2n) is 8.12. The lowest BCUT2D eigenvalue weighted by atomic mass is 10.1. The summed E-state index contributed by atoms with van der Waals surface area (Å²) in [7, 11) is 0. The van der Waals surface area contributed by atoms with E-state index in [1.165, 1.54) is 11.3 Å². The third-order valence-corrected chi connectivity index (χ3v) is 6.18. The van der Waals surface area contributed by atoms with Gasteiger partial charge in [-0.25, -0.2) is 0 Å². The number of hydrogen-bond donors (Lipinski definition) is 1. The first kappa shape index (κ1) is 23.8. The van der Waals surface area contributed by atoms with Gasteiger partial charge in [-0.1, -0.05) is 18.2 Å². The summed E-state index contributed by atoms with van der Waals surface area (Å²) >= 11 is 0. The average Bonchev–Trinajstić information content (AvgIpc) is 2.86. The maximum absolute atomic E-state index is 12.9. The van der Waals surface area contributed by atoms with Crippen molar-refractivity contribution >= 4 is 42.3 Å². The largest absolute Gasteiger partial charge is 0.369 e. The second-order valence-corrected chi connectivity index (χ2v) is 8.12. The lowest BCUT2D eigenvalue weighted by molar-refractivity contribution is -0.140. The molecule has 3 aliphatic heterocycles. The summed E-state index contributed by atoms with van der Waals surface area (Å²) in [4.78, 5) is 31.5. The van der Waals surface area contributed by atoms with Crippen LogP contribution in [0.25, 0.3) is 0 Å². The molecule has 8 heteroatoms. The third-order valence-electron chi connectivity index (χ3n) is 6.18. The van der Waals surface area contributed by atoms with Crippen molar-refractivity contribution in [2.45, 2.75) is 44.7 Å². The molecule has 2 amide bonds. The second kappa shape index (κ2) is 10.5. The van der Waals surface area contributed by atoms with Crippen LogP contribution in [0.1, 0.15) is 31.2 Å². The fourth-order valence-electron chi connectivity index (χ4n) is 4.66. The van der Waals surface area contributed by atoms with Gasteiger partial charge in [-0.3, -0.25) is 9.59 Å². The van der Waals surface area contributed by atoms with Gasteiger partial charge in [0.05, 0.1) is 6.54 Å². The Labute approximate surface area is 185 Å². The summed E-state index contributed by atoms with van der Waals surface area (Å²) < 4.78 is 0. The van der Waals surface area contributed by atoms with Gasteiger partial charge < -0.3 is 20.0 Å². The Morgan fingerprint density at radius 1 is 1.07 bits per heavy atom. The summed E-state index contributed by atoms with van der Waals surface area (Å²) in [5.41, 5.74) is 2.53. The summed E-state index contributed by atoms with van der Waals surface area (Å²) in [6.07, 6.45) is 3.68. The molecule has 0 radical (unpaired) electrons. The van der Waals surface area contributed by atoms with E-state index in [-0.39, 0.29) is 43.2 Å². The highest BCUT2D eigenvalue weighted by Crippen LogP contribution is 2.22. The van der Waals surface area contributed by atoms with E-state index in [1.807, 2.05) is 4.90 Å². The number of benzene rings is 1. The molecule has 0 saturated carbocycles. The molecule has 3 aliphatic rings. The molecule has 3 fully saturated rings. The predicted octanol–water partition coefficient (Wildman–Crippen LogP) is 2.23. The highest BCUT2D eigenvalue weighted by molar-refractivity contribution is 5.86. The molecule has 0 unspecified atom stereocenters.